The van der Waals surface area contributed by atoms with Gasteiger partial charge in [-0.1, -0.05) is 6.08 Å². The topological polar surface area (TPSA) is 59.1 Å². The van der Waals surface area contributed by atoms with E-state index >= 15 is 0 Å². The standard InChI is InChI=1S/C19H24N2O4/c1-24-17-7-5-14(12-18(17)25-2)16(22)6-8-19(23)21-11-10-20-9-3-4-15(20)13-21/h3,5,7,9,12,15H,4,6,8,10-11,13H2,1-2H3/t15-/m0/s1. The van der Waals surface area contributed by atoms with Gasteiger partial charge in [0.1, 0.15) is 0 Å². The number of amides is 1. The first-order valence-corrected chi connectivity index (χ1v) is 8.57. The Morgan fingerprint density at radius 3 is 2.68 bits per heavy atom. The minimum atomic E-state index is -0.0597. The lowest BCUT2D eigenvalue weighted by Gasteiger charge is -2.38. The number of ketones is 1. The van der Waals surface area contributed by atoms with Crippen molar-refractivity contribution in [2.45, 2.75) is 25.3 Å². The van der Waals surface area contributed by atoms with E-state index in [9.17, 15) is 9.59 Å². The van der Waals surface area contributed by atoms with Crippen LogP contribution in [-0.4, -0.2) is 61.4 Å². The van der Waals surface area contributed by atoms with Crippen molar-refractivity contribution in [1.82, 2.24) is 9.80 Å². The molecule has 2 aliphatic heterocycles. The Hall–Kier alpha value is -2.50. The molecule has 1 fully saturated rings. The molecule has 1 amide bonds. The molecule has 0 N–H and O–H groups in total. The van der Waals surface area contributed by atoms with Crippen molar-refractivity contribution in [2.75, 3.05) is 33.9 Å². The molecule has 1 atom stereocenters. The molecule has 134 valence electrons. The van der Waals surface area contributed by atoms with Crippen LogP contribution in [0.5, 0.6) is 11.5 Å². The predicted molar refractivity (Wildman–Crippen MR) is 93.9 cm³/mol. The van der Waals surface area contributed by atoms with Gasteiger partial charge in [-0.3, -0.25) is 9.59 Å². The molecule has 0 radical (unpaired) electrons. The average molecular weight is 344 g/mol. The quantitative estimate of drug-likeness (QED) is 0.740. The molecular formula is C19H24N2O4. The van der Waals surface area contributed by atoms with E-state index in [0.29, 0.717) is 23.1 Å². The third kappa shape index (κ3) is 3.78. The molecule has 2 aliphatic rings. The number of piperazine rings is 1. The van der Waals surface area contributed by atoms with Gasteiger partial charge in [-0.25, -0.2) is 0 Å². The van der Waals surface area contributed by atoms with Gasteiger partial charge < -0.3 is 19.3 Å². The number of carbonyl (C=O) groups excluding carboxylic acids is 2. The van der Waals surface area contributed by atoms with E-state index in [1.165, 1.54) is 7.11 Å². The first-order chi connectivity index (χ1) is 12.1. The summed E-state index contributed by atoms with van der Waals surface area (Å²) in [6, 6.07) is 5.48. The van der Waals surface area contributed by atoms with E-state index in [-0.39, 0.29) is 24.5 Å². The van der Waals surface area contributed by atoms with Crippen LogP contribution >= 0.6 is 0 Å². The molecule has 1 aromatic rings. The second-order valence-corrected chi connectivity index (χ2v) is 6.34. The highest BCUT2D eigenvalue weighted by atomic mass is 16.5. The molecule has 3 rings (SSSR count). The normalized spacial score (nSPS) is 18.9. The zero-order chi connectivity index (χ0) is 17.8. The zero-order valence-electron chi connectivity index (χ0n) is 14.7. The minimum absolute atomic E-state index is 0.0559. The number of hydrogen-bond acceptors (Lipinski definition) is 5. The van der Waals surface area contributed by atoms with Crippen LogP contribution in [0.3, 0.4) is 0 Å². The highest BCUT2D eigenvalue weighted by Crippen LogP contribution is 2.28. The predicted octanol–water partition coefficient (Wildman–Crippen LogP) is 2.10. The Kier molecular flexibility index (Phi) is 5.26. The first kappa shape index (κ1) is 17.3. The Morgan fingerprint density at radius 2 is 1.92 bits per heavy atom. The van der Waals surface area contributed by atoms with Crippen molar-refractivity contribution >= 4 is 11.7 Å². The maximum atomic E-state index is 12.4. The monoisotopic (exact) mass is 344 g/mol. The Labute approximate surface area is 148 Å². The van der Waals surface area contributed by atoms with E-state index in [2.05, 4.69) is 17.2 Å². The Balaban J connectivity index is 1.54. The van der Waals surface area contributed by atoms with Crippen molar-refractivity contribution in [2.24, 2.45) is 0 Å². The van der Waals surface area contributed by atoms with E-state index < -0.39 is 0 Å². The van der Waals surface area contributed by atoms with Crippen molar-refractivity contribution < 1.29 is 19.1 Å². The van der Waals surface area contributed by atoms with Gasteiger partial charge in [0, 0.05) is 44.1 Å². The lowest BCUT2D eigenvalue weighted by molar-refractivity contribution is -0.133. The fourth-order valence-corrected chi connectivity index (χ4v) is 3.39. The fraction of sp³-hybridized carbons (Fsp3) is 0.474. The molecule has 1 aromatic carbocycles. The van der Waals surface area contributed by atoms with Crippen LogP contribution in [0.4, 0.5) is 0 Å². The molecule has 0 saturated carbocycles. The van der Waals surface area contributed by atoms with E-state index in [0.717, 1.165) is 26.1 Å². The Morgan fingerprint density at radius 1 is 1.12 bits per heavy atom. The molecule has 25 heavy (non-hydrogen) atoms. The molecule has 0 bridgehead atoms. The highest BCUT2D eigenvalue weighted by molar-refractivity contribution is 5.98. The van der Waals surface area contributed by atoms with Crippen LogP contribution in [0.2, 0.25) is 0 Å². The summed E-state index contributed by atoms with van der Waals surface area (Å²) >= 11 is 0. The fourth-order valence-electron chi connectivity index (χ4n) is 3.39. The number of ether oxygens (including phenoxy) is 2. The molecule has 0 spiro atoms. The van der Waals surface area contributed by atoms with Crippen molar-refractivity contribution in [3.05, 3.63) is 36.0 Å². The third-order valence-corrected chi connectivity index (χ3v) is 4.86. The number of Topliss-reactive ketones (excluding diaryl/α,β-unsaturated/α-hetero) is 1. The lowest BCUT2D eigenvalue weighted by atomic mass is 10.0. The molecule has 0 aliphatic carbocycles. The van der Waals surface area contributed by atoms with Gasteiger partial charge in [-0.05, 0) is 30.8 Å². The van der Waals surface area contributed by atoms with E-state index in [4.69, 9.17) is 9.47 Å². The molecule has 6 nitrogen and oxygen atoms in total. The number of rotatable bonds is 6. The summed E-state index contributed by atoms with van der Waals surface area (Å²) in [4.78, 5) is 29.0. The molecule has 0 aromatic heterocycles. The minimum Gasteiger partial charge on any atom is -0.493 e. The zero-order valence-corrected chi connectivity index (χ0v) is 14.7. The van der Waals surface area contributed by atoms with Gasteiger partial charge in [-0.2, -0.15) is 0 Å². The molecule has 6 heteroatoms. The number of nitrogens with zero attached hydrogens (tertiary/aromatic N) is 2. The smallest absolute Gasteiger partial charge is 0.223 e. The summed E-state index contributed by atoms with van der Waals surface area (Å²) in [5, 5.41) is 0. The lowest BCUT2D eigenvalue weighted by Crippen LogP contribution is -2.51. The third-order valence-electron chi connectivity index (χ3n) is 4.86. The summed E-state index contributed by atoms with van der Waals surface area (Å²) in [5.41, 5.74) is 0.537. The first-order valence-electron chi connectivity index (χ1n) is 8.57. The second-order valence-electron chi connectivity index (χ2n) is 6.34. The molecular weight excluding hydrogens is 320 g/mol. The maximum Gasteiger partial charge on any atom is 0.223 e. The van der Waals surface area contributed by atoms with Crippen molar-refractivity contribution in [1.29, 1.82) is 0 Å². The van der Waals surface area contributed by atoms with Gasteiger partial charge >= 0.3 is 0 Å². The van der Waals surface area contributed by atoms with Gasteiger partial charge in [0.2, 0.25) is 5.91 Å². The average Bonchev–Trinajstić information content (AvgIpc) is 3.12. The summed E-state index contributed by atoms with van der Waals surface area (Å²) in [6.45, 7) is 2.34. The maximum absolute atomic E-state index is 12.4. The summed E-state index contributed by atoms with van der Waals surface area (Å²) in [7, 11) is 3.09. The van der Waals surface area contributed by atoms with Crippen LogP contribution < -0.4 is 9.47 Å². The van der Waals surface area contributed by atoms with Gasteiger partial charge in [0.15, 0.2) is 17.3 Å². The summed E-state index contributed by atoms with van der Waals surface area (Å²) in [5.74, 6) is 1.10. The SMILES string of the molecule is COc1ccc(C(=O)CCC(=O)N2CCN3C=CC[C@H]3C2)cc1OC. The van der Waals surface area contributed by atoms with Crippen molar-refractivity contribution in [3.63, 3.8) is 0 Å². The summed E-state index contributed by atoms with van der Waals surface area (Å²) < 4.78 is 10.4. The largest absolute Gasteiger partial charge is 0.493 e. The van der Waals surface area contributed by atoms with Crippen LogP contribution in [0, 0.1) is 0 Å². The molecule has 0 unspecified atom stereocenters. The molecule has 1 saturated heterocycles. The van der Waals surface area contributed by atoms with E-state index in [1.807, 2.05) is 4.90 Å². The van der Waals surface area contributed by atoms with Gasteiger partial charge in [0.05, 0.1) is 14.2 Å². The van der Waals surface area contributed by atoms with Crippen LogP contribution in [-0.2, 0) is 4.79 Å². The number of methoxy groups -OCH3 is 2. The number of benzene rings is 1. The number of hydrogen-bond donors (Lipinski definition) is 0. The van der Waals surface area contributed by atoms with Crippen molar-refractivity contribution in [3.8, 4) is 11.5 Å². The molecule has 2 heterocycles. The Bertz CT molecular complexity index is 686. The highest BCUT2D eigenvalue weighted by Gasteiger charge is 2.29. The number of fused-ring (bicyclic) bond motifs is 1. The van der Waals surface area contributed by atoms with Gasteiger partial charge in [-0.15, -0.1) is 0 Å². The second kappa shape index (κ2) is 7.59. The van der Waals surface area contributed by atoms with E-state index in [1.54, 1.807) is 25.3 Å². The van der Waals surface area contributed by atoms with Gasteiger partial charge in [0.25, 0.3) is 0 Å². The number of carbonyl (C=O) groups is 2. The van der Waals surface area contributed by atoms with Crippen LogP contribution in [0.25, 0.3) is 0 Å². The summed E-state index contributed by atoms with van der Waals surface area (Å²) in [6.07, 6.45) is 5.71. The van der Waals surface area contributed by atoms with Crippen LogP contribution in [0.15, 0.2) is 30.5 Å². The van der Waals surface area contributed by atoms with Crippen LogP contribution in [0.1, 0.15) is 29.6 Å².